The van der Waals surface area contributed by atoms with Crippen LogP contribution in [0.4, 0.5) is 4.39 Å². The van der Waals surface area contributed by atoms with Crippen molar-refractivity contribution >= 4 is 33.7 Å². The normalized spacial score (nSPS) is 16.5. The van der Waals surface area contributed by atoms with Crippen molar-refractivity contribution in [2.45, 2.75) is 6.42 Å². The zero-order chi connectivity index (χ0) is 22.0. The highest BCUT2D eigenvalue weighted by molar-refractivity contribution is 9.10. The number of ether oxygens (including phenoxy) is 1. The van der Waals surface area contributed by atoms with Gasteiger partial charge in [0.05, 0.1) is 16.6 Å². The molecule has 3 amide bonds. The van der Waals surface area contributed by atoms with E-state index >= 15 is 0 Å². The molecule has 0 bridgehead atoms. The Morgan fingerprint density at radius 2 is 1.61 bits per heavy atom. The zero-order valence-electron chi connectivity index (χ0n) is 16.7. The van der Waals surface area contributed by atoms with Gasteiger partial charge in [-0.25, -0.2) is 4.39 Å². The molecule has 0 aliphatic carbocycles. The summed E-state index contributed by atoms with van der Waals surface area (Å²) in [5, 5.41) is 2.74. The lowest BCUT2D eigenvalue weighted by Gasteiger charge is -2.23. The van der Waals surface area contributed by atoms with Gasteiger partial charge in [-0.05, 0) is 58.7 Å². The molecule has 2 aliphatic rings. The molecular weight excluding hydrogens is 469 g/mol. The largest absolute Gasteiger partial charge is 0.490 e. The van der Waals surface area contributed by atoms with Crippen LogP contribution in [0.5, 0.6) is 5.75 Å². The first kappa shape index (κ1) is 21.3. The van der Waals surface area contributed by atoms with E-state index < -0.39 is 5.82 Å². The number of carbonyl (C=O) groups is 3. The molecule has 9 heteroatoms. The molecule has 1 fully saturated rings. The molecule has 1 N–H and O–H groups in total. The minimum Gasteiger partial charge on any atom is -0.490 e. The van der Waals surface area contributed by atoms with Gasteiger partial charge in [-0.15, -0.1) is 0 Å². The summed E-state index contributed by atoms with van der Waals surface area (Å²) < 4.78 is 19.3. The van der Waals surface area contributed by atoms with Crippen molar-refractivity contribution in [2.24, 2.45) is 0 Å². The molecule has 0 saturated carbocycles. The predicted octanol–water partition coefficient (Wildman–Crippen LogP) is 2.70. The number of rotatable bonds is 2. The van der Waals surface area contributed by atoms with Crippen LogP contribution in [-0.2, 0) is 0 Å². The van der Waals surface area contributed by atoms with E-state index in [4.69, 9.17) is 4.74 Å². The summed E-state index contributed by atoms with van der Waals surface area (Å²) in [6.07, 6.45) is 0.619. The molecule has 2 aromatic carbocycles. The van der Waals surface area contributed by atoms with Crippen molar-refractivity contribution in [3.8, 4) is 5.75 Å². The van der Waals surface area contributed by atoms with Crippen LogP contribution in [0.15, 0.2) is 40.9 Å². The van der Waals surface area contributed by atoms with Gasteiger partial charge in [0.2, 0.25) is 0 Å². The lowest BCUT2D eigenvalue weighted by Crippen LogP contribution is -2.37. The van der Waals surface area contributed by atoms with E-state index in [2.05, 4.69) is 21.2 Å². The number of halogens is 2. The standard InChI is InChI=1S/C22H21BrFN3O4/c23-18-13-15(12-17-19(18)31-11-6-25-20(17)28)22(30)27-8-1-7-26(9-10-27)21(29)14-2-4-16(24)5-3-14/h2-5,12-13H,1,6-11H2,(H,25,28). The van der Waals surface area contributed by atoms with Crippen LogP contribution in [-0.4, -0.2) is 66.9 Å². The first-order valence-corrected chi connectivity index (χ1v) is 10.8. The van der Waals surface area contributed by atoms with Gasteiger partial charge in [-0.3, -0.25) is 14.4 Å². The van der Waals surface area contributed by atoms with Gasteiger partial charge in [0.25, 0.3) is 17.7 Å². The van der Waals surface area contributed by atoms with Crippen LogP contribution in [0, 0.1) is 5.82 Å². The molecule has 0 atom stereocenters. The molecule has 31 heavy (non-hydrogen) atoms. The Labute approximate surface area is 187 Å². The highest BCUT2D eigenvalue weighted by Gasteiger charge is 2.26. The van der Waals surface area contributed by atoms with E-state index in [1.165, 1.54) is 24.3 Å². The van der Waals surface area contributed by atoms with Gasteiger partial charge in [0.15, 0.2) is 0 Å². The molecule has 0 aromatic heterocycles. The summed E-state index contributed by atoms with van der Waals surface area (Å²) in [6, 6.07) is 8.66. The monoisotopic (exact) mass is 489 g/mol. The average Bonchev–Trinajstić information content (AvgIpc) is 3.12. The van der Waals surface area contributed by atoms with Crippen LogP contribution in [0.25, 0.3) is 0 Å². The summed E-state index contributed by atoms with van der Waals surface area (Å²) in [4.78, 5) is 41.6. The van der Waals surface area contributed by atoms with Gasteiger partial charge in [-0.2, -0.15) is 0 Å². The lowest BCUT2D eigenvalue weighted by atomic mass is 10.1. The van der Waals surface area contributed by atoms with Crippen LogP contribution in [0.2, 0.25) is 0 Å². The molecule has 0 spiro atoms. The van der Waals surface area contributed by atoms with E-state index in [9.17, 15) is 18.8 Å². The van der Waals surface area contributed by atoms with Crippen LogP contribution < -0.4 is 10.1 Å². The molecule has 2 aliphatic heterocycles. The van der Waals surface area contributed by atoms with Gasteiger partial charge in [-0.1, -0.05) is 0 Å². The summed E-state index contributed by atoms with van der Waals surface area (Å²) in [5.74, 6) is -0.643. The third-order valence-corrected chi connectivity index (χ3v) is 5.92. The quantitative estimate of drug-likeness (QED) is 0.703. The second-order valence-electron chi connectivity index (χ2n) is 7.38. The van der Waals surface area contributed by atoms with Crippen molar-refractivity contribution in [3.05, 3.63) is 63.4 Å². The fourth-order valence-corrected chi connectivity index (χ4v) is 4.30. The topological polar surface area (TPSA) is 79.0 Å². The highest BCUT2D eigenvalue weighted by atomic mass is 79.9. The molecular formula is C22H21BrFN3O4. The van der Waals surface area contributed by atoms with Crippen molar-refractivity contribution in [1.82, 2.24) is 15.1 Å². The fraction of sp³-hybridized carbons (Fsp3) is 0.318. The third kappa shape index (κ3) is 4.56. The van der Waals surface area contributed by atoms with Gasteiger partial charge in [0, 0.05) is 37.3 Å². The van der Waals surface area contributed by atoms with Crippen molar-refractivity contribution in [2.75, 3.05) is 39.3 Å². The van der Waals surface area contributed by atoms with Crippen molar-refractivity contribution in [3.63, 3.8) is 0 Å². The van der Waals surface area contributed by atoms with Gasteiger partial charge < -0.3 is 19.9 Å². The maximum atomic E-state index is 13.2. The smallest absolute Gasteiger partial charge is 0.255 e. The zero-order valence-corrected chi connectivity index (χ0v) is 18.3. The molecule has 162 valence electrons. The number of hydrogen-bond donors (Lipinski definition) is 1. The van der Waals surface area contributed by atoms with Crippen LogP contribution in [0.1, 0.15) is 37.5 Å². The fourth-order valence-electron chi connectivity index (χ4n) is 3.73. The second kappa shape index (κ2) is 9.05. The molecule has 4 rings (SSSR count). The Bertz CT molecular complexity index is 1030. The first-order chi connectivity index (χ1) is 14.9. The maximum absolute atomic E-state index is 13.2. The Morgan fingerprint density at radius 1 is 0.968 bits per heavy atom. The van der Waals surface area contributed by atoms with Crippen molar-refractivity contribution < 1.29 is 23.5 Å². The van der Waals surface area contributed by atoms with Crippen LogP contribution >= 0.6 is 15.9 Å². The summed E-state index contributed by atoms with van der Waals surface area (Å²) in [6.45, 7) is 2.48. The minimum absolute atomic E-state index is 0.184. The summed E-state index contributed by atoms with van der Waals surface area (Å²) >= 11 is 3.41. The molecule has 0 unspecified atom stereocenters. The second-order valence-corrected chi connectivity index (χ2v) is 8.24. The number of hydrogen-bond acceptors (Lipinski definition) is 4. The Morgan fingerprint density at radius 3 is 2.29 bits per heavy atom. The number of amides is 3. The van der Waals surface area contributed by atoms with Gasteiger partial charge >= 0.3 is 0 Å². The first-order valence-electron chi connectivity index (χ1n) is 10.0. The van der Waals surface area contributed by atoms with E-state index in [1.54, 1.807) is 21.9 Å². The SMILES string of the molecule is O=C1NCCOc2c(Br)cc(C(=O)N3CCCN(C(=O)c4ccc(F)cc4)CC3)cc21. The molecule has 1 saturated heterocycles. The Balaban J connectivity index is 1.49. The third-order valence-electron chi connectivity index (χ3n) is 5.33. The Kier molecular flexibility index (Phi) is 6.22. The Hall–Kier alpha value is -2.94. The summed E-state index contributed by atoms with van der Waals surface area (Å²) in [5.41, 5.74) is 1.12. The predicted molar refractivity (Wildman–Crippen MR) is 115 cm³/mol. The maximum Gasteiger partial charge on any atom is 0.255 e. The highest BCUT2D eigenvalue weighted by Crippen LogP contribution is 2.32. The molecule has 2 aromatic rings. The van der Waals surface area contributed by atoms with Crippen LogP contribution in [0.3, 0.4) is 0 Å². The summed E-state index contributed by atoms with van der Waals surface area (Å²) in [7, 11) is 0. The number of nitrogens with zero attached hydrogens (tertiary/aromatic N) is 2. The van der Waals surface area contributed by atoms with Crippen molar-refractivity contribution in [1.29, 1.82) is 0 Å². The molecule has 0 radical (unpaired) electrons. The lowest BCUT2D eigenvalue weighted by molar-refractivity contribution is 0.0718. The number of fused-ring (bicyclic) bond motifs is 1. The molecule has 7 nitrogen and oxygen atoms in total. The van der Waals surface area contributed by atoms with E-state index in [0.717, 1.165) is 0 Å². The van der Waals surface area contributed by atoms with Gasteiger partial charge in [0.1, 0.15) is 18.2 Å². The number of benzene rings is 2. The average molecular weight is 490 g/mol. The number of nitrogens with one attached hydrogen (secondary N) is 1. The van der Waals surface area contributed by atoms with E-state index in [-0.39, 0.29) is 17.7 Å². The van der Waals surface area contributed by atoms with E-state index in [0.29, 0.717) is 72.7 Å². The number of carbonyl (C=O) groups excluding carboxylic acids is 3. The minimum atomic E-state index is -0.393. The molecule has 2 heterocycles. The van der Waals surface area contributed by atoms with E-state index in [1.807, 2.05) is 0 Å².